The van der Waals surface area contributed by atoms with Crippen LogP contribution in [0.3, 0.4) is 0 Å². The summed E-state index contributed by atoms with van der Waals surface area (Å²) in [6, 6.07) is 4.64. The Morgan fingerprint density at radius 1 is 0.743 bits per heavy atom. The summed E-state index contributed by atoms with van der Waals surface area (Å²) in [5.74, 6) is -1.23. The first-order valence-corrected chi connectivity index (χ1v) is 12.5. The molecule has 8 heteroatoms. The van der Waals surface area contributed by atoms with Gasteiger partial charge in [-0.1, -0.05) is 61.5 Å². The van der Waals surface area contributed by atoms with Crippen LogP contribution in [0.5, 0.6) is 0 Å². The highest BCUT2D eigenvalue weighted by Crippen LogP contribution is 2.26. The largest absolute Gasteiger partial charge is 0.455 e. The van der Waals surface area contributed by atoms with E-state index in [1.54, 1.807) is 6.07 Å². The Balaban J connectivity index is 2.35. The number of esters is 2. The number of ether oxygens (including phenoxy) is 5. The molecule has 0 saturated heterocycles. The Hall–Kier alpha value is -2.03. The zero-order valence-corrected chi connectivity index (χ0v) is 22.6. The van der Waals surface area contributed by atoms with Crippen LogP contribution in [0.2, 0.25) is 0 Å². The van der Waals surface area contributed by atoms with Gasteiger partial charge in [-0.3, -0.25) is 0 Å². The second kappa shape index (κ2) is 12.8. The third kappa shape index (κ3) is 9.17. The number of pyridine rings is 1. The van der Waals surface area contributed by atoms with Gasteiger partial charge in [-0.25, -0.2) is 14.6 Å². The number of fused-ring (bicyclic) bond motifs is 2. The second-order valence-corrected chi connectivity index (χ2v) is 11.2. The summed E-state index contributed by atoms with van der Waals surface area (Å²) in [7, 11) is 0. The van der Waals surface area contributed by atoms with Crippen LogP contribution in [-0.2, 0) is 23.7 Å². The first kappa shape index (κ1) is 29.2. The van der Waals surface area contributed by atoms with Gasteiger partial charge in [0.2, 0.25) is 0 Å². The highest BCUT2D eigenvalue weighted by atomic mass is 16.6. The second-order valence-electron chi connectivity index (χ2n) is 11.2. The van der Waals surface area contributed by atoms with Crippen molar-refractivity contribution in [1.82, 2.24) is 4.98 Å². The Kier molecular flexibility index (Phi) is 10.7. The lowest BCUT2D eigenvalue weighted by Gasteiger charge is -2.32. The SMILES string of the molecule is CCC1COC[C@H](C(C)(C)C)OC(=O)c2cccc(n2)C(=O)O[C@@H](C(C)(C)C)COCC(CC)O1. The third-order valence-electron chi connectivity index (χ3n) is 6.04. The van der Waals surface area contributed by atoms with Gasteiger partial charge < -0.3 is 23.7 Å². The molecule has 35 heavy (non-hydrogen) atoms. The molecule has 198 valence electrons. The molecule has 0 radical (unpaired) electrons. The number of aromatic nitrogens is 1. The van der Waals surface area contributed by atoms with Gasteiger partial charge in [0.1, 0.15) is 23.6 Å². The molecular weight excluding hydrogens is 450 g/mol. The minimum Gasteiger partial charge on any atom is -0.455 e. The Labute approximate surface area is 210 Å². The number of carbonyl (C=O) groups excluding carboxylic acids is 2. The van der Waals surface area contributed by atoms with E-state index in [1.165, 1.54) is 12.1 Å². The van der Waals surface area contributed by atoms with Crippen LogP contribution in [0, 0.1) is 10.8 Å². The lowest BCUT2D eigenvalue weighted by atomic mass is 9.89. The van der Waals surface area contributed by atoms with Crippen molar-refractivity contribution in [3.05, 3.63) is 29.6 Å². The molecule has 4 atom stereocenters. The van der Waals surface area contributed by atoms with Crippen molar-refractivity contribution in [2.24, 2.45) is 10.8 Å². The van der Waals surface area contributed by atoms with Crippen molar-refractivity contribution in [3.8, 4) is 0 Å². The molecule has 2 bridgehead atoms. The van der Waals surface area contributed by atoms with Crippen molar-refractivity contribution in [2.45, 2.75) is 92.6 Å². The molecule has 2 unspecified atom stereocenters. The van der Waals surface area contributed by atoms with Crippen molar-refractivity contribution < 1.29 is 33.3 Å². The van der Waals surface area contributed by atoms with Crippen LogP contribution in [0.25, 0.3) is 0 Å². The predicted molar refractivity (Wildman–Crippen MR) is 132 cm³/mol. The van der Waals surface area contributed by atoms with E-state index in [1.807, 2.05) is 55.4 Å². The number of rotatable bonds is 2. The van der Waals surface area contributed by atoms with Gasteiger partial charge in [0.25, 0.3) is 0 Å². The highest BCUT2D eigenvalue weighted by molar-refractivity contribution is 5.91. The molecule has 0 spiro atoms. The van der Waals surface area contributed by atoms with Crippen LogP contribution in [0.1, 0.15) is 89.2 Å². The normalized spacial score (nSPS) is 26.3. The smallest absolute Gasteiger partial charge is 0.357 e. The monoisotopic (exact) mass is 493 g/mol. The number of hydrogen-bond acceptors (Lipinski definition) is 8. The van der Waals surface area contributed by atoms with Gasteiger partial charge in [-0.15, -0.1) is 0 Å². The highest BCUT2D eigenvalue weighted by Gasteiger charge is 2.32. The van der Waals surface area contributed by atoms with Gasteiger partial charge in [0, 0.05) is 10.8 Å². The Morgan fingerprint density at radius 3 is 1.49 bits per heavy atom. The van der Waals surface area contributed by atoms with Gasteiger partial charge >= 0.3 is 11.9 Å². The molecule has 1 aliphatic heterocycles. The summed E-state index contributed by atoms with van der Waals surface area (Å²) in [5, 5.41) is 0. The van der Waals surface area contributed by atoms with Crippen molar-refractivity contribution >= 4 is 11.9 Å². The maximum atomic E-state index is 12.9. The Morgan fingerprint density at radius 2 is 1.14 bits per heavy atom. The summed E-state index contributed by atoms with van der Waals surface area (Å²) in [6.45, 7) is 17.2. The van der Waals surface area contributed by atoms with E-state index in [4.69, 9.17) is 23.7 Å². The van der Waals surface area contributed by atoms with E-state index in [-0.39, 0.29) is 47.6 Å². The minimum absolute atomic E-state index is 0.0407. The molecule has 0 N–H and O–H groups in total. The molecule has 1 aromatic heterocycles. The van der Waals surface area contributed by atoms with Gasteiger partial charge in [-0.05, 0) is 25.0 Å². The Bertz CT molecular complexity index is 764. The molecule has 0 amide bonds. The van der Waals surface area contributed by atoms with E-state index >= 15 is 0 Å². The maximum absolute atomic E-state index is 12.9. The lowest BCUT2D eigenvalue weighted by molar-refractivity contribution is -0.113. The average molecular weight is 494 g/mol. The van der Waals surface area contributed by atoms with E-state index in [0.29, 0.717) is 13.2 Å². The molecule has 0 saturated carbocycles. The van der Waals surface area contributed by atoms with Crippen LogP contribution < -0.4 is 0 Å². The fourth-order valence-electron chi connectivity index (χ4n) is 3.35. The standard InChI is InChI=1S/C27H43NO7/c1-9-18-14-31-16-22(26(3,4)5)34-24(29)20-12-11-13-21(28-20)25(30)35-23(27(6,7)8)17-32-15-19(10-2)33-18/h11-13,18-19,22-23H,9-10,14-17H2,1-8H3/t18?,19?,22-,23-/m1/s1. The maximum Gasteiger partial charge on any atom is 0.357 e. The molecule has 0 fully saturated rings. The molecule has 0 aromatic carbocycles. The summed E-state index contributed by atoms with van der Waals surface area (Å²) in [4.78, 5) is 30.1. The summed E-state index contributed by atoms with van der Waals surface area (Å²) in [6.07, 6.45) is 0.283. The molecular formula is C27H43NO7. The van der Waals surface area contributed by atoms with Gasteiger partial charge in [-0.2, -0.15) is 0 Å². The number of hydrogen-bond donors (Lipinski definition) is 0. The molecule has 1 aromatic rings. The van der Waals surface area contributed by atoms with Gasteiger partial charge in [0.15, 0.2) is 0 Å². The third-order valence-corrected chi connectivity index (χ3v) is 6.04. The van der Waals surface area contributed by atoms with Crippen LogP contribution in [0.15, 0.2) is 18.2 Å². The van der Waals surface area contributed by atoms with E-state index < -0.39 is 24.1 Å². The number of nitrogens with zero attached hydrogens (tertiary/aromatic N) is 1. The fraction of sp³-hybridized carbons (Fsp3) is 0.741. The topological polar surface area (TPSA) is 93.2 Å². The molecule has 2 heterocycles. The fourth-order valence-corrected chi connectivity index (χ4v) is 3.35. The van der Waals surface area contributed by atoms with Crippen LogP contribution in [-0.4, -0.2) is 67.8 Å². The summed E-state index contributed by atoms with van der Waals surface area (Å²) < 4.78 is 29.7. The zero-order chi connectivity index (χ0) is 26.2. The zero-order valence-electron chi connectivity index (χ0n) is 22.6. The first-order valence-electron chi connectivity index (χ1n) is 12.5. The van der Waals surface area contributed by atoms with Crippen LogP contribution in [0.4, 0.5) is 0 Å². The van der Waals surface area contributed by atoms with Crippen molar-refractivity contribution in [2.75, 3.05) is 26.4 Å². The first-order chi connectivity index (χ1) is 16.3. The molecule has 0 aliphatic carbocycles. The van der Waals surface area contributed by atoms with E-state index in [0.717, 1.165) is 12.8 Å². The number of carbonyl (C=O) groups is 2. The average Bonchev–Trinajstić information content (AvgIpc) is 2.78. The molecule has 1 aliphatic rings. The molecule has 2 rings (SSSR count). The van der Waals surface area contributed by atoms with E-state index in [2.05, 4.69) is 4.98 Å². The predicted octanol–water partition coefficient (Wildman–Crippen LogP) is 4.85. The summed E-state index contributed by atoms with van der Waals surface area (Å²) in [5.41, 5.74) is -0.650. The number of cyclic esters (lactones) is 2. The van der Waals surface area contributed by atoms with E-state index in [9.17, 15) is 9.59 Å². The van der Waals surface area contributed by atoms with Gasteiger partial charge in [0.05, 0.1) is 38.6 Å². The van der Waals surface area contributed by atoms with Crippen molar-refractivity contribution in [3.63, 3.8) is 0 Å². The lowest BCUT2D eigenvalue weighted by Crippen LogP contribution is -2.39. The quantitative estimate of drug-likeness (QED) is 0.540. The minimum atomic E-state index is -0.616. The van der Waals surface area contributed by atoms with Crippen LogP contribution >= 0.6 is 0 Å². The molecule has 8 nitrogen and oxygen atoms in total. The summed E-state index contributed by atoms with van der Waals surface area (Å²) >= 11 is 0. The van der Waals surface area contributed by atoms with Crippen molar-refractivity contribution in [1.29, 1.82) is 0 Å².